The molecule has 1 rings (SSSR count). The number of carbonyl (C=O) groups excluding carboxylic acids is 1. The van der Waals surface area contributed by atoms with Crippen molar-refractivity contribution in [3.05, 3.63) is 23.8 Å². The zero-order valence-electron chi connectivity index (χ0n) is 8.75. The second-order valence-corrected chi connectivity index (χ2v) is 3.57. The minimum Gasteiger partial charge on any atom is -0.469 e. The van der Waals surface area contributed by atoms with E-state index in [0.29, 0.717) is 10.5 Å². The topological polar surface area (TPSA) is 35.5 Å². The predicted octanol–water partition coefficient (Wildman–Crippen LogP) is 2.59. The van der Waals surface area contributed by atoms with Crippen molar-refractivity contribution in [2.75, 3.05) is 7.11 Å². The minimum absolute atomic E-state index is 0.162. The molecular formula is C10H9F3O3S. The average Bonchev–Trinajstić information content (AvgIpc) is 2.20. The van der Waals surface area contributed by atoms with Crippen LogP contribution in [-0.2, 0) is 16.0 Å². The van der Waals surface area contributed by atoms with E-state index in [1.807, 2.05) is 0 Å². The molecule has 0 N–H and O–H groups in total. The second kappa shape index (κ2) is 5.31. The summed E-state index contributed by atoms with van der Waals surface area (Å²) in [7, 11) is 1.19. The number of rotatable bonds is 3. The van der Waals surface area contributed by atoms with Gasteiger partial charge in [0.15, 0.2) is 0 Å². The summed E-state index contributed by atoms with van der Waals surface area (Å²) in [5.41, 5.74) is 0.307. The summed E-state index contributed by atoms with van der Waals surface area (Å²) < 4.78 is 44.0. The van der Waals surface area contributed by atoms with Gasteiger partial charge in [-0.15, -0.1) is 25.8 Å². The Bertz CT molecular complexity index is 418. The molecule has 0 aliphatic carbocycles. The second-order valence-electron chi connectivity index (χ2n) is 3.09. The molecule has 94 valence electrons. The molecule has 0 saturated carbocycles. The van der Waals surface area contributed by atoms with Gasteiger partial charge in [-0.1, -0.05) is 0 Å². The van der Waals surface area contributed by atoms with Crippen molar-refractivity contribution in [3.63, 3.8) is 0 Å². The van der Waals surface area contributed by atoms with Crippen LogP contribution in [0.1, 0.15) is 5.56 Å². The zero-order valence-corrected chi connectivity index (χ0v) is 9.64. The molecule has 0 fully saturated rings. The van der Waals surface area contributed by atoms with E-state index in [4.69, 9.17) is 0 Å². The molecule has 0 bridgehead atoms. The molecule has 3 nitrogen and oxygen atoms in total. The highest BCUT2D eigenvalue weighted by atomic mass is 32.1. The van der Waals surface area contributed by atoms with Gasteiger partial charge in [-0.3, -0.25) is 4.79 Å². The Labute approximate surface area is 101 Å². The van der Waals surface area contributed by atoms with Gasteiger partial charge < -0.3 is 9.47 Å². The Morgan fingerprint density at radius 3 is 2.59 bits per heavy atom. The summed E-state index contributed by atoms with van der Waals surface area (Å²) in [6.07, 6.45) is -4.93. The lowest BCUT2D eigenvalue weighted by Gasteiger charge is -2.11. The first-order valence-corrected chi connectivity index (χ1v) is 4.91. The third-order valence-corrected chi connectivity index (χ3v) is 2.28. The lowest BCUT2D eigenvalue weighted by molar-refractivity contribution is -0.274. The fraction of sp³-hybridized carbons (Fsp3) is 0.300. The van der Waals surface area contributed by atoms with Crippen LogP contribution >= 0.6 is 12.6 Å². The summed E-state index contributed by atoms with van der Waals surface area (Å²) in [6.45, 7) is 0. The highest BCUT2D eigenvalue weighted by Crippen LogP contribution is 2.26. The van der Waals surface area contributed by atoms with Gasteiger partial charge in [-0.25, -0.2) is 0 Å². The van der Waals surface area contributed by atoms with Crippen molar-refractivity contribution in [1.82, 2.24) is 0 Å². The quantitative estimate of drug-likeness (QED) is 0.674. The molecule has 0 radical (unpaired) electrons. The molecule has 0 atom stereocenters. The van der Waals surface area contributed by atoms with Crippen LogP contribution in [0.3, 0.4) is 0 Å². The van der Waals surface area contributed by atoms with E-state index < -0.39 is 18.1 Å². The van der Waals surface area contributed by atoms with Crippen LogP contribution < -0.4 is 4.74 Å². The summed E-state index contributed by atoms with van der Waals surface area (Å²) in [4.78, 5) is 11.4. The number of thiol groups is 1. The summed E-state index contributed by atoms with van der Waals surface area (Å²) >= 11 is 4.03. The fourth-order valence-electron chi connectivity index (χ4n) is 1.13. The number of benzene rings is 1. The van der Waals surface area contributed by atoms with Gasteiger partial charge in [0.1, 0.15) is 5.75 Å². The molecule has 0 aliphatic heterocycles. The van der Waals surface area contributed by atoms with Crippen molar-refractivity contribution >= 4 is 18.6 Å². The van der Waals surface area contributed by atoms with Crippen LogP contribution in [0.25, 0.3) is 0 Å². The van der Waals surface area contributed by atoms with E-state index in [0.717, 1.165) is 12.1 Å². The van der Waals surface area contributed by atoms with Gasteiger partial charge in [-0.05, 0) is 23.8 Å². The molecule has 0 aliphatic rings. The normalized spacial score (nSPS) is 11.1. The average molecular weight is 266 g/mol. The fourth-order valence-corrected chi connectivity index (χ4v) is 1.35. The molecule has 0 aromatic heterocycles. The predicted molar refractivity (Wildman–Crippen MR) is 56.1 cm³/mol. The number of alkyl halides is 3. The lowest BCUT2D eigenvalue weighted by atomic mass is 10.1. The molecule has 0 saturated heterocycles. The van der Waals surface area contributed by atoms with Crippen molar-refractivity contribution in [2.24, 2.45) is 0 Å². The molecule has 1 aromatic rings. The van der Waals surface area contributed by atoms with Crippen LogP contribution in [0, 0.1) is 0 Å². The third kappa shape index (κ3) is 4.56. The molecule has 7 heteroatoms. The SMILES string of the molecule is COC(=O)Cc1cc(OC(F)(F)F)ccc1S. The first-order chi connectivity index (χ1) is 7.81. The third-order valence-electron chi connectivity index (χ3n) is 1.85. The molecule has 0 heterocycles. The monoisotopic (exact) mass is 266 g/mol. The molecule has 0 unspecified atom stereocenters. The molecule has 1 aromatic carbocycles. The Balaban J connectivity index is 2.90. The van der Waals surface area contributed by atoms with Crippen molar-refractivity contribution < 1.29 is 27.4 Å². The maximum Gasteiger partial charge on any atom is 0.573 e. The van der Waals surface area contributed by atoms with Crippen LogP contribution in [0.15, 0.2) is 23.1 Å². The van der Waals surface area contributed by atoms with Crippen LogP contribution in [0.2, 0.25) is 0 Å². The summed E-state index contributed by atoms with van der Waals surface area (Å²) in [5, 5.41) is 0. The first kappa shape index (κ1) is 13.7. The van der Waals surface area contributed by atoms with E-state index in [1.54, 1.807) is 0 Å². The highest BCUT2D eigenvalue weighted by molar-refractivity contribution is 7.80. The number of hydrogen-bond acceptors (Lipinski definition) is 4. The van der Waals surface area contributed by atoms with E-state index >= 15 is 0 Å². The Kier molecular flexibility index (Phi) is 4.28. The van der Waals surface area contributed by atoms with E-state index in [9.17, 15) is 18.0 Å². The van der Waals surface area contributed by atoms with Crippen LogP contribution in [0.5, 0.6) is 5.75 Å². The lowest BCUT2D eigenvalue weighted by Crippen LogP contribution is -2.17. The van der Waals surface area contributed by atoms with Crippen molar-refractivity contribution in [3.8, 4) is 5.75 Å². The number of ether oxygens (including phenoxy) is 2. The molecule has 0 spiro atoms. The van der Waals surface area contributed by atoms with E-state index in [1.165, 1.54) is 13.2 Å². The van der Waals surface area contributed by atoms with Gasteiger partial charge in [0.2, 0.25) is 0 Å². The highest BCUT2D eigenvalue weighted by Gasteiger charge is 2.31. The maximum absolute atomic E-state index is 12.0. The number of esters is 1. The number of hydrogen-bond donors (Lipinski definition) is 1. The molecule has 17 heavy (non-hydrogen) atoms. The van der Waals surface area contributed by atoms with E-state index in [-0.39, 0.29) is 6.42 Å². The van der Waals surface area contributed by atoms with Gasteiger partial charge in [0.05, 0.1) is 13.5 Å². The van der Waals surface area contributed by atoms with E-state index in [2.05, 4.69) is 22.1 Å². The van der Waals surface area contributed by atoms with Crippen LogP contribution in [-0.4, -0.2) is 19.4 Å². The Morgan fingerprint density at radius 1 is 1.41 bits per heavy atom. The summed E-state index contributed by atoms with van der Waals surface area (Å²) in [5.74, 6) is -0.960. The largest absolute Gasteiger partial charge is 0.573 e. The minimum atomic E-state index is -4.76. The first-order valence-electron chi connectivity index (χ1n) is 4.46. The Hall–Kier alpha value is -1.37. The van der Waals surface area contributed by atoms with Gasteiger partial charge >= 0.3 is 12.3 Å². The summed E-state index contributed by atoms with van der Waals surface area (Å²) in [6, 6.07) is 3.55. The molecule has 0 amide bonds. The zero-order chi connectivity index (χ0) is 13.1. The maximum atomic E-state index is 12.0. The number of carbonyl (C=O) groups is 1. The van der Waals surface area contributed by atoms with Crippen LogP contribution in [0.4, 0.5) is 13.2 Å². The number of halogens is 3. The number of methoxy groups -OCH3 is 1. The standard InChI is InChI=1S/C10H9F3O3S/c1-15-9(14)5-6-4-7(2-3-8(6)17)16-10(11,12)13/h2-4,17H,5H2,1H3. The van der Waals surface area contributed by atoms with Gasteiger partial charge in [-0.2, -0.15) is 0 Å². The van der Waals surface area contributed by atoms with Gasteiger partial charge in [0, 0.05) is 4.90 Å². The van der Waals surface area contributed by atoms with Gasteiger partial charge in [0.25, 0.3) is 0 Å². The molecular weight excluding hydrogens is 257 g/mol. The Morgan fingerprint density at radius 2 is 2.06 bits per heavy atom. The van der Waals surface area contributed by atoms with Crippen molar-refractivity contribution in [2.45, 2.75) is 17.7 Å². The smallest absolute Gasteiger partial charge is 0.469 e. The van der Waals surface area contributed by atoms with Crippen molar-refractivity contribution in [1.29, 1.82) is 0 Å².